The lowest BCUT2D eigenvalue weighted by Crippen LogP contribution is -2.13. The highest BCUT2D eigenvalue weighted by Gasteiger charge is 2.20. The highest BCUT2D eigenvalue weighted by molar-refractivity contribution is 5.82. The predicted octanol–water partition coefficient (Wildman–Crippen LogP) is 2.75. The molecule has 3 nitrogen and oxygen atoms in total. The van der Waals surface area contributed by atoms with E-state index >= 15 is 0 Å². The first kappa shape index (κ1) is 11.1. The zero-order valence-corrected chi connectivity index (χ0v) is 10.7. The highest BCUT2D eigenvalue weighted by atomic mass is 16.5. The van der Waals surface area contributed by atoms with E-state index in [1.807, 2.05) is 24.5 Å². The molecule has 0 spiro atoms. The Bertz CT molecular complexity index is 580. The summed E-state index contributed by atoms with van der Waals surface area (Å²) in [4.78, 5) is 6.65. The minimum atomic E-state index is 0.880. The third-order valence-electron chi connectivity index (χ3n) is 3.47. The Balaban J connectivity index is 2.15. The molecule has 1 aliphatic rings. The molecule has 2 heterocycles. The van der Waals surface area contributed by atoms with Crippen LogP contribution >= 0.6 is 0 Å². The summed E-state index contributed by atoms with van der Waals surface area (Å²) in [5, 5.41) is 0. The molecule has 1 aliphatic heterocycles. The molecule has 18 heavy (non-hydrogen) atoms. The van der Waals surface area contributed by atoms with Gasteiger partial charge in [-0.15, -0.1) is 0 Å². The number of anilines is 1. The SMILES string of the molecule is COc1cccc(-c2cncc3c2N(C)CC3)c1. The molecule has 92 valence electrons. The maximum atomic E-state index is 5.29. The topological polar surface area (TPSA) is 25.4 Å². The number of benzene rings is 1. The molecule has 2 aromatic rings. The van der Waals surface area contributed by atoms with Gasteiger partial charge in [0.05, 0.1) is 12.8 Å². The van der Waals surface area contributed by atoms with E-state index in [4.69, 9.17) is 4.74 Å². The number of aromatic nitrogens is 1. The van der Waals surface area contributed by atoms with Gasteiger partial charge in [-0.3, -0.25) is 4.98 Å². The van der Waals surface area contributed by atoms with Crippen molar-refractivity contribution in [3.05, 3.63) is 42.2 Å². The van der Waals surface area contributed by atoms with Crippen molar-refractivity contribution in [2.24, 2.45) is 0 Å². The van der Waals surface area contributed by atoms with Crippen LogP contribution in [-0.4, -0.2) is 25.7 Å². The number of pyridine rings is 1. The van der Waals surface area contributed by atoms with Gasteiger partial charge in [0.25, 0.3) is 0 Å². The summed E-state index contributed by atoms with van der Waals surface area (Å²) in [6.45, 7) is 1.07. The molecule has 0 unspecified atom stereocenters. The van der Waals surface area contributed by atoms with Gasteiger partial charge in [-0.05, 0) is 29.7 Å². The second kappa shape index (κ2) is 4.33. The van der Waals surface area contributed by atoms with Crippen molar-refractivity contribution >= 4 is 5.69 Å². The van der Waals surface area contributed by atoms with Crippen molar-refractivity contribution in [2.75, 3.05) is 25.6 Å². The first-order valence-corrected chi connectivity index (χ1v) is 6.12. The molecule has 0 atom stereocenters. The fourth-order valence-corrected chi connectivity index (χ4v) is 2.53. The molecule has 3 rings (SSSR count). The first-order chi connectivity index (χ1) is 8.79. The second-order valence-electron chi connectivity index (χ2n) is 4.60. The average molecular weight is 240 g/mol. The van der Waals surface area contributed by atoms with E-state index in [1.54, 1.807) is 7.11 Å². The molecule has 0 aliphatic carbocycles. The molecule has 0 N–H and O–H groups in total. The summed E-state index contributed by atoms with van der Waals surface area (Å²) in [5.41, 5.74) is 4.98. The van der Waals surface area contributed by atoms with Crippen molar-refractivity contribution in [3.8, 4) is 16.9 Å². The predicted molar refractivity (Wildman–Crippen MR) is 73.2 cm³/mol. The number of nitrogens with zero attached hydrogens (tertiary/aromatic N) is 2. The fourth-order valence-electron chi connectivity index (χ4n) is 2.53. The monoisotopic (exact) mass is 240 g/mol. The van der Waals surface area contributed by atoms with Crippen molar-refractivity contribution in [2.45, 2.75) is 6.42 Å². The molecule has 1 aromatic heterocycles. The molecule has 0 amide bonds. The van der Waals surface area contributed by atoms with Crippen molar-refractivity contribution < 1.29 is 4.74 Å². The normalized spacial score (nSPS) is 13.6. The van der Waals surface area contributed by atoms with Gasteiger partial charge in [-0.25, -0.2) is 0 Å². The zero-order valence-electron chi connectivity index (χ0n) is 10.7. The molecule has 3 heteroatoms. The third kappa shape index (κ3) is 1.72. The van der Waals surface area contributed by atoms with E-state index in [1.165, 1.54) is 16.8 Å². The average Bonchev–Trinajstić information content (AvgIpc) is 2.81. The molecule has 0 saturated heterocycles. The Kier molecular flexibility index (Phi) is 2.67. The van der Waals surface area contributed by atoms with Crippen LogP contribution in [-0.2, 0) is 6.42 Å². The Morgan fingerprint density at radius 2 is 2.17 bits per heavy atom. The fraction of sp³-hybridized carbons (Fsp3) is 0.267. The van der Waals surface area contributed by atoms with Gasteiger partial charge in [0, 0.05) is 31.5 Å². The minimum Gasteiger partial charge on any atom is -0.497 e. The van der Waals surface area contributed by atoms with E-state index in [-0.39, 0.29) is 0 Å². The lowest BCUT2D eigenvalue weighted by molar-refractivity contribution is 0.415. The standard InChI is InChI=1S/C15H16N2O/c1-17-7-6-12-9-16-10-14(15(12)17)11-4-3-5-13(8-11)18-2/h3-5,8-10H,6-7H2,1-2H3. The number of fused-ring (bicyclic) bond motifs is 1. The minimum absolute atomic E-state index is 0.880. The van der Waals surface area contributed by atoms with Crippen molar-refractivity contribution in [3.63, 3.8) is 0 Å². The van der Waals surface area contributed by atoms with Crippen LogP contribution in [0.3, 0.4) is 0 Å². The molecule has 0 radical (unpaired) electrons. The molecular weight excluding hydrogens is 224 g/mol. The Labute approximate surface area is 107 Å². The van der Waals surface area contributed by atoms with Gasteiger partial charge in [0.15, 0.2) is 0 Å². The van der Waals surface area contributed by atoms with Gasteiger partial charge < -0.3 is 9.64 Å². The lowest BCUT2D eigenvalue weighted by atomic mass is 10.0. The number of methoxy groups -OCH3 is 1. The van der Waals surface area contributed by atoms with Gasteiger partial charge in [0.1, 0.15) is 5.75 Å². The maximum absolute atomic E-state index is 5.29. The molecule has 0 saturated carbocycles. The smallest absolute Gasteiger partial charge is 0.119 e. The molecule has 0 fully saturated rings. The number of likely N-dealkylation sites (N-methyl/N-ethyl adjacent to an activating group) is 1. The van der Waals surface area contributed by atoms with E-state index < -0.39 is 0 Å². The highest BCUT2D eigenvalue weighted by Crippen LogP contribution is 2.37. The summed E-state index contributed by atoms with van der Waals surface area (Å²) in [6.07, 6.45) is 4.99. The molecular formula is C15H16N2O. The number of rotatable bonds is 2. The van der Waals surface area contributed by atoms with Crippen LogP contribution in [0.15, 0.2) is 36.7 Å². The lowest BCUT2D eigenvalue weighted by Gasteiger charge is -2.16. The van der Waals surface area contributed by atoms with Crippen LogP contribution in [0.1, 0.15) is 5.56 Å². The second-order valence-corrected chi connectivity index (χ2v) is 4.60. The van der Waals surface area contributed by atoms with Gasteiger partial charge >= 0.3 is 0 Å². The first-order valence-electron chi connectivity index (χ1n) is 6.12. The van der Waals surface area contributed by atoms with E-state index in [0.29, 0.717) is 0 Å². The summed E-state index contributed by atoms with van der Waals surface area (Å²) < 4.78 is 5.29. The van der Waals surface area contributed by atoms with E-state index in [9.17, 15) is 0 Å². The van der Waals surface area contributed by atoms with Gasteiger partial charge in [-0.1, -0.05) is 12.1 Å². The zero-order chi connectivity index (χ0) is 12.5. The van der Waals surface area contributed by atoms with E-state index in [0.717, 1.165) is 24.3 Å². The van der Waals surface area contributed by atoms with Crippen LogP contribution in [0, 0.1) is 0 Å². The Hall–Kier alpha value is -2.03. The van der Waals surface area contributed by atoms with Crippen molar-refractivity contribution in [1.82, 2.24) is 4.98 Å². The number of hydrogen-bond donors (Lipinski definition) is 0. The van der Waals surface area contributed by atoms with Crippen LogP contribution in [0.25, 0.3) is 11.1 Å². The summed E-state index contributed by atoms with van der Waals surface area (Å²) in [5.74, 6) is 0.880. The van der Waals surface area contributed by atoms with Crippen LogP contribution in [0.4, 0.5) is 5.69 Å². The van der Waals surface area contributed by atoms with E-state index in [2.05, 4.69) is 29.1 Å². The quantitative estimate of drug-likeness (QED) is 0.807. The molecule has 0 bridgehead atoms. The molecule has 1 aromatic carbocycles. The van der Waals surface area contributed by atoms with Crippen LogP contribution in [0.2, 0.25) is 0 Å². The van der Waals surface area contributed by atoms with Gasteiger partial charge in [0.2, 0.25) is 0 Å². The summed E-state index contributed by atoms with van der Waals surface area (Å²) in [6, 6.07) is 8.14. The Morgan fingerprint density at radius 3 is 3.00 bits per heavy atom. The van der Waals surface area contributed by atoms with Crippen LogP contribution < -0.4 is 9.64 Å². The summed E-state index contributed by atoms with van der Waals surface area (Å²) in [7, 11) is 3.83. The number of ether oxygens (including phenoxy) is 1. The van der Waals surface area contributed by atoms with Crippen molar-refractivity contribution in [1.29, 1.82) is 0 Å². The van der Waals surface area contributed by atoms with Gasteiger partial charge in [-0.2, -0.15) is 0 Å². The maximum Gasteiger partial charge on any atom is 0.119 e. The number of hydrogen-bond acceptors (Lipinski definition) is 3. The summed E-state index contributed by atoms with van der Waals surface area (Å²) >= 11 is 0. The Morgan fingerprint density at radius 1 is 1.28 bits per heavy atom. The van der Waals surface area contributed by atoms with Crippen LogP contribution in [0.5, 0.6) is 5.75 Å². The third-order valence-corrected chi connectivity index (χ3v) is 3.47. The largest absolute Gasteiger partial charge is 0.497 e.